The molecular formula is C13H11FN2O5. The third-order valence-corrected chi connectivity index (χ3v) is 2.63. The normalized spacial score (nSPS) is 11.9. The molecule has 0 aliphatic heterocycles. The molecule has 2 rings (SSSR count). The fourth-order valence-corrected chi connectivity index (χ4v) is 1.61. The van der Waals surface area contributed by atoms with E-state index in [0.29, 0.717) is 0 Å². The second-order valence-electron chi connectivity index (χ2n) is 4.03. The van der Waals surface area contributed by atoms with Crippen LogP contribution >= 0.6 is 0 Å². The molecule has 7 nitrogen and oxygen atoms in total. The molecule has 1 atom stereocenters. The smallest absolute Gasteiger partial charge is 0.338 e. The number of halogens is 1. The Morgan fingerprint density at radius 3 is 2.57 bits per heavy atom. The lowest BCUT2D eigenvalue weighted by Crippen LogP contribution is -2.34. The zero-order valence-corrected chi connectivity index (χ0v) is 10.7. The zero-order chi connectivity index (χ0) is 15.2. The van der Waals surface area contributed by atoms with Crippen LogP contribution < -0.4 is 11.2 Å². The molecule has 0 aliphatic carbocycles. The first-order valence-corrected chi connectivity index (χ1v) is 5.93. The number of rotatable bonds is 5. The lowest BCUT2D eigenvalue weighted by molar-refractivity contribution is -0.221. The number of hydrogen-bond donors (Lipinski definition) is 1. The Morgan fingerprint density at radius 2 is 1.95 bits per heavy atom. The molecule has 0 aliphatic rings. The quantitative estimate of drug-likeness (QED) is 0.823. The lowest BCUT2D eigenvalue weighted by Gasteiger charge is -2.14. The van der Waals surface area contributed by atoms with Crippen molar-refractivity contribution in [3.63, 3.8) is 0 Å². The summed E-state index contributed by atoms with van der Waals surface area (Å²) in [7, 11) is 0. The van der Waals surface area contributed by atoms with Gasteiger partial charge < -0.3 is 4.74 Å². The minimum absolute atomic E-state index is 0.281. The molecule has 0 saturated heterocycles. The van der Waals surface area contributed by atoms with Crippen LogP contribution in [0.5, 0.6) is 0 Å². The van der Waals surface area contributed by atoms with Gasteiger partial charge in [0.25, 0.3) is 5.56 Å². The second-order valence-corrected chi connectivity index (χ2v) is 4.03. The largest absolute Gasteiger partial charge is 0.457 e. The summed E-state index contributed by atoms with van der Waals surface area (Å²) in [6.07, 6.45) is -0.441. The van der Waals surface area contributed by atoms with Crippen molar-refractivity contribution in [2.24, 2.45) is 0 Å². The van der Waals surface area contributed by atoms with Gasteiger partial charge in [0, 0.05) is 12.3 Å². The molecule has 1 aromatic heterocycles. The van der Waals surface area contributed by atoms with E-state index in [4.69, 9.17) is 4.74 Å². The Balaban J connectivity index is 2.08. The summed E-state index contributed by atoms with van der Waals surface area (Å²) in [6, 6.07) is 9.09. The Bertz CT molecular complexity index is 725. The number of benzene rings is 1. The van der Waals surface area contributed by atoms with E-state index in [1.165, 1.54) is 12.1 Å². The van der Waals surface area contributed by atoms with Crippen LogP contribution in [-0.2, 0) is 9.68 Å². The monoisotopic (exact) mass is 294 g/mol. The number of ether oxygens (including phenoxy) is 1. The lowest BCUT2D eigenvalue weighted by atomic mass is 10.2. The summed E-state index contributed by atoms with van der Waals surface area (Å²) in [6.45, 7) is -0.532. The van der Waals surface area contributed by atoms with Crippen molar-refractivity contribution >= 4 is 5.97 Å². The van der Waals surface area contributed by atoms with Gasteiger partial charge in [0.2, 0.25) is 6.23 Å². The number of esters is 1. The molecule has 8 heteroatoms. The van der Waals surface area contributed by atoms with Crippen LogP contribution in [0.15, 0.2) is 52.2 Å². The summed E-state index contributed by atoms with van der Waals surface area (Å²) in [4.78, 5) is 39.6. The number of H-pyrrole nitrogens is 1. The Morgan fingerprint density at radius 1 is 1.24 bits per heavy atom. The first-order valence-electron chi connectivity index (χ1n) is 5.93. The molecule has 0 amide bonds. The van der Waals surface area contributed by atoms with Gasteiger partial charge in [-0.25, -0.2) is 9.59 Å². The van der Waals surface area contributed by atoms with E-state index in [9.17, 15) is 18.9 Å². The number of hydrogen-bond acceptors (Lipinski definition) is 5. The van der Waals surface area contributed by atoms with Gasteiger partial charge in [-0.3, -0.25) is 14.3 Å². The molecule has 0 saturated carbocycles. The van der Waals surface area contributed by atoms with Crippen LogP contribution in [0.2, 0.25) is 0 Å². The summed E-state index contributed by atoms with van der Waals surface area (Å²) < 4.78 is 18.2. The standard InChI is InChI=1S/C13H11FN2O5/c14-21-11(16-7-6-10(17)15-13(16)19)8-20-12(18)9-4-2-1-3-5-9/h1-7,11H,8H2,(H,15,17,19)/t11-/m1/s1. The number of carbonyl (C=O) groups is 1. The van der Waals surface area contributed by atoms with Gasteiger partial charge in [0.1, 0.15) is 6.61 Å². The fourth-order valence-electron chi connectivity index (χ4n) is 1.61. The second kappa shape index (κ2) is 6.62. The minimum atomic E-state index is -1.48. The van der Waals surface area contributed by atoms with E-state index in [-0.39, 0.29) is 5.56 Å². The molecule has 1 heterocycles. The highest BCUT2D eigenvalue weighted by atomic mass is 19.3. The first-order chi connectivity index (χ1) is 10.1. The predicted molar refractivity (Wildman–Crippen MR) is 69.3 cm³/mol. The van der Waals surface area contributed by atoms with Crippen LogP contribution in [-0.4, -0.2) is 22.1 Å². The molecule has 0 spiro atoms. The number of aromatic nitrogens is 2. The SMILES string of the molecule is O=C(OC[C@@H](OF)n1ccc(=O)[nH]c1=O)c1ccccc1. The van der Waals surface area contributed by atoms with Gasteiger partial charge in [-0.1, -0.05) is 18.2 Å². The predicted octanol–water partition coefficient (Wildman–Crippen LogP) is 0.793. The molecule has 2 aromatic rings. The molecule has 1 N–H and O–H groups in total. The van der Waals surface area contributed by atoms with Crippen molar-refractivity contribution in [2.75, 3.05) is 6.61 Å². The van der Waals surface area contributed by atoms with Gasteiger partial charge in [-0.15, -0.1) is 0 Å². The van der Waals surface area contributed by atoms with Gasteiger partial charge in [0.15, 0.2) is 0 Å². The van der Waals surface area contributed by atoms with Crippen LogP contribution in [0.4, 0.5) is 4.53 Å². The summed E-state index contributed by atoms with van der Waals surface area (Å²) in [5, 5.41) is 0. The topological polar surface area (TPSA) is 90.4 Å². The summed E-state index contributed by atoms with van der Waals surface area (Å²) >= 11 is 0. The average molecular weight is 294 g/mol. The van der Waals surface area contributed by atoms with Crippen LogP contribution in [0.3, 0.4) is 0 Å². The number of nitrogens with zero attached hydrogens (tertiary/aromatic N) is 1. The molecule has 110 valence electrons. The number of carbonyl (C=O) groups excluding carboxylic acids is 1. The van der Waals surface area contributed by atoms with Gasteiger partial charge in [-0.05, 0) is 16.7 Å². The Labute approximate surface area is 117 Å². The maximum atomic E-state index is 12.5. The summed E-state index contributed by atoms with van der Waals surface area (Å²) in [5.74, 6) is -0.685. The third kappa shape index (κ3) is 3.63. The summed E-state index contributed by atoms with van der Waals surface area (Å²) in [5.41, 5.74) is -1.22. The molecule has 21 heavy (non-hydrogen) atoms. The van der Waals surface area contributed by atoms with Crippen molar-refractivity contribution in [2.45, 2.75) is 6.23 Å². The van der Waals surface area contributed by atoms with Crippen LogP contribution in [0.25, 0.3) is 0 Å². The van der Waals surface area contributed by atoms with Crippen LogP contribution in [0.1, 0.15) is 16.6 Å². The maximum absolute atomic E-state index is 12.5. The van der Waals surface area contributed by atoms with Crippen molar-refractivity contribution in [3.05, 3.63) is 69.0 Å². The third-order valence-electron chi connectivity index (χ3n) is 2.63. The zero-order valence-electron chi connectivity index (χ0n) is 10.7. The average Bonchev–Trinajstić information content (AvgIpc) is 2.50. The van der Waals surface area contributed by atoms with Gasteiger partial charge >= 0.3 is 11.7 Å². The van der Waals surface area contributed by atoms with Crippen molar-refractivity contribution in [1.29, 1.82) is 0 Å². The molecule has 0 radical (unpaired) electrons. The van der Waals surface area contributed by atoms with E-state index >= 15 is 0 Å². The van der Waals surface area contributed by atoms with E-state index in [1.807, 2.05) is 4.98 Å². The molecule has 0 unspecified atom stereocenters. The maximum Gasteiger partial charge on any atom is 0.338 e. The van der Waals surface area contributed by atoms with E-state index in [1.54, 1.807) is 18.2 Å². The van der Waals surface area contributed by atoms with Gasteiger partial charge in [0.05, 0.1) is 5.56 Å². The van der Waals surface area contributed by atoms with Crippen molar-refractivity contribution in [1.82, 2.24) is 9.55 Å². The fraction of sp³-hybridized carbons (Fsp3) is 0.154. The highest BCUT2D eigenvalue weighted by Gasteiger charge is 2.17. The first kappa shape index (κ1) is 14.7. The Kier molecular flexibility index (Phi) is 4.62. The van der Waals surface area contributed by atoms with Crippen molar-refractivity contribution < 1.29 is 19.0 Å². The minimum Gasteiger partial charge on any atom is -0.457 e. The highest BCUT2D eigenvalue weighted by Crippen LogP contribution is 2.08. The molecule has 1 aromatic carbocycles. The van der Waals surface area contributed by atoms with E-state index in [2.05, 4.69) is 4.94 Å². The Hall–Kier alpha value is -2.74. The molecule has 0 fully saturated rings. The number of aromatic amines is 1. The molecule has 0 bridgehead atoms. The van der Waals surface area contributed by atoms with E-state index in [0.717, 1.165) is 16.8 Å². The van der Waals surface area contributed by atoms with Gasteiger partial charge in [-0.2, -0.15) is 4.94 Å². The van der Waals surface area contributed by atoms with Crippen molar-refractivity contribution in [3.8, 4) is 0 Å². The van der Waals surface area contributed by atoms with E-state index < -0.39 is 30.1 Å². The molecular weight excluding hydrogens is 283 g/mol. The number of nitrogens with one attached hydrogen (secondary N) is 1. The highest BCUT2D eigenvalue weighted by molar-refractivity contribution is 5.89. The van der Waals surface area contributed by atoms with Crippen LogP contribution in [0, 0.1) is 0 Å².